The molecule has 0 aliphatic carbocycles. The molecule has 1 N–H and O–H groups in total. The van der Waals surface area contributed by atoms with Crippen LogP contribution in [-0.2, 0) is 13.0 Å². The van der Waals surface area contributed by atoms with Crippen molar-refractivity contribution in [1.29, 1.82) is 0 Å². The molecule has 1 unspecified atom stereocenters. The normalized spacial score (nSPS) is 12.6. The number of likely N-dealkylation sites (N-methyl/N-ethyl adjacent to an activating group) is 1. The van der Waals surface area contributed by atoms with Crippen LogP contribution in [0.1, 0.15) is 37.7 Å². The summed E-state index contributed by atoms with van der Waals surface area (Å²) < 4.78 is 17.2. The molecule has 0 amide bonds. The molecule has 3 nitrogen and oxygen atoms in total. The zero-order chi connectivity index (χ0) is 15.2. The van der Waals surface area contributed by atoms with E-state index in [-0.39, 0.29) is 11.9 Å². The topological polar surface area (TPSA) is 29.9 Å². The van der Waals surface area contributed by atoms with E-state index in [4.69, 9.17) is 0 Å². The Kier molecular flexibility index (Phi) is 5.94. The average Bonchev–Trinajstić information content (AvgIpc) is 2.89. The van der Waals surface area contributed by atoms with Gasteiger partial charge < -0.3 is 9.88 Å². The number of benzene rings is 1. The van der Waals surface area contributed by atoms with E-state index in [1.54, 1.807) is 6.07 Å². The minimum atomic E-state index is -0.183. The van der Waals surface area contributed by atoms with Gasteiger partial charge in [-0.05, 0) is 31.2 Å². The summed E-state index contributed by atoms with van der Waals surface area (Å²) in [5.41, 5.74) is 0.678. The Morgan fingerprint density at radius 1 is 1.38 bits per heavy atom. The first-order valence-electron chi connectivity index (χ1n) is 7.34. The number of rotatable bonds is 7. The molecule has 1 aromatic carbocycles. The number of halogens is 2. The van der Waals surface area contributed by atoms with E-state index in [1.807, 2.05) is 25.4 Å². The van der Waals surface area contributed by atoms with E-state index in [2.05, 4.69) is 37.7 Å². The van der Waals surface area contributed by atoms with Crippen LogP contribution >= 0.6 is 15.9 Å². The van der Waals surface area contributed by atoms with Gasteiger partial charge in [0.05, 0.1) is 0 Å². The first kappa shape index (κ1) is 16.2. The van der Waals surface area contributed by atoms with Gasteiger partial charge in [0.15, 0.2) is 0 Å². The van der Waals surface area contributed by atoms with Gasteiger partial charge in [0.25, 0.3) is 0 Å². The van der Waals surface area contributed by atoms with Crippen LogP contribution in [-0.4, -0.2) is 16.1 Å². The minimum Gasteiger partial charge on any atom is -0.335 e. The van der Waals surface area contributed by atoms with Gasteiger partial charge >= 0.3 is 0 Å². The molecule has 5 heteroatoms. The third kappa shape index (κ3) is 4.14. The van der Waals surface area contributed by atoms with Crippen molar-refractivity contribution in [1.82, 2.24) is 14.9 Å². The molecule has 0 aliphatic heterocycles. The fourth-order valence-electron chi connectivity index (χ4n) is 2.48. The highest BCUT2D eigenvalue weighted by atomic mass is 79.9. The lowest BCUT2D eigenvalue weighted by Crippen LogP contribution is -2.25. The second kappa shape index (κ2) is 7.71. The molecule has 0 fully saturated rings. The summed E-state index contributed by atoms with van der Waals surface area (Å²) in [6.45, 7) is 5.89. The van der Waals surface area contributed by atoms with E-state index < -0.39 is 0 Å². The quantitative estimate of drug-likeness (QED) is 0.812. The first-order chi connectivity index (χ1) is 10.2. The molecule has 2 aromatic rings. The summed E-state index contributed by atoms with van der Waals surface area (Å²) >= 11 is 3.42. The highest BCUT2D eigenvalue weighted by molar-refractivity contribution is 9.10. The summed E-state index contributed by atoms with van der Waals surface area (Å²) in [7, 11) is 0. The van der Waals surface area contributed by atoms with Crippen LogP contribution in [0.15, 0.2) is 35.1 Å². The van der Waals surface area contributed by atoms with Crippen molar-refractivity contribution in [2.24, 2.45) is 0 Å². The lowest BCUT2D eigenvalue weighted by atomic mass is 10.0. The molecule has 0 aliphatic rings. The Labute approximate surface area is 133 Å². The lowest BCUT2D eigenvalue weighted by Gasteiger charge is -2.19. The standard InChI is InChI=1S/C16H21BrFN3/c1-3-8-21-9-7-20-16(21)11-15(19-4-2)13-10-12(17)5-6-14(13)18/h5-7,9-10,15,19H,3-4,8,11H2,1-2H3. The van der Waals surface area contributed by atoms with Gasteiger partial charge in [0.1, 0.15) is 11.6 Å². The predicted molar refractivity (Wildman–Crippen MR) is 86.7 cm³/mol. The molecule has 21 heavy (non-hydrogen) atoms. The summed E-state index contributed by atoms with van der Waals surface area (Å²) in [5.74, 6) is 0.805. The van der Waals surface area contributed by atoms with Gasteiger partial charge in [-0.25, -0.2) is 9.37 Å². The third-order valence-corrected chi connectivity index (χ3v) is 3.93. The number of nitrogens with zero attached hydrogens (tertiary/aromatic N) is 2. The third-order valence-electron chi connectivity index (χ3n) is 3.44. The predicted octanol–water partition coefficient (Wildman–Crippen LogP) is 4.09. The maximum Gasteiger partial charge on any atom is 0.128 e. The van der Waals surface area contributed by atoms with E-state index >= 15 is 0 Å². The number of aryl methyl sites for hydroxylation is 1. The second-order valence-electron chi connectivity index (χ2n) is 5.02. The Hall–Kier alpha value is -1.20. The van der Waals surface area contributed by atoms with Crippen LogP contribution in [0.3, 0.4) is 0 Å². The molecule has 0 saturated carbocycles. The molecule has 1 aromatic heterocycles. The Bertz CT molecular complexity index is 583. The summed E-state index contributed by atoms with van der Waals surface area (Å²) in [4.78, 5) is 4.42. The van der Waals surface area contributed by atoms with Gasteiger partial charge in [-0.3, -0.25) is 0 Å². The maximum absolute atomic E-state index is 14.1. The van der Waals surface area contributed by atoms with E-state index in [1.165, 1.54) is 6.07 Å². The van der Waals surface area contributed by atoms with Crippen LogP contribution in [0.4, 0.5) is 4.39 Å². The molecule has 1 atom stereocenters. The fraction of sp³-hybridized carbons (Fsp3) is 0.438. The van der Waals surface area contributed by atoms with Crippen molar-refractivity contribution >= 4 is 15.9 Å². The van der Waals surface area contributed by atoms with Crippen LogP contribution < -0.4 is 5.32 Å². The molecule has 2 rings (SSSR count). The first-order valence-corrected chi connectivity index (χ1v) is 8.13. The molecule has 0 bridgehead atoms. The molecule has 1 heterocycles. The highest BCUT2D eigenvalue weighted by Crippen LogP contribution is 2.24. The largest absolute Gasteiger partial charge is 0.335 e. The van der Waals surface area contributed by atoms with Gasteiger partial charge in [-0.1, -0.05) is 29.8 Å². The fourth-order valence-corrected chi connectivity index (χ4v) is 2.86. The van der Waals surface area contributed by atoms with Crippen molar-refractivity contribution < 1.29 is 4.39 Å². The van der Waals surface area contributed by atoms with Gasteiger partial charge in [0.2, 0.25) is 0 Å². The van der Waals surface area contributed by atoms with Crippen LogP contribution in [0, 0.1) is 5.82 Å². The van der Waals surface area contributed by atoms with E-state index in [9.17, 15) is 4.39 Å². The second-order valence-corrected chi connectivity index (χ2v) is 5.93. The van der Waals surface area contributed by atoms with Crippen LogP contribution in [0.25, 0.3) is 0 Å². The maximum atomic E-state index is 14.1. The van der Waals surface area contributed by atoms with Crippen molar-refractivity contribution in [2.75, 3.05) is 6.54 Å². The highest BCUT2D eigenvalue weighted by Gasteiger charge is 2.18. The monoisotopic (exact) mass is 353 g/mol. The van der Waals surface area contributed by atoms with E-state index in [0.29, 0.717) is 12.0 Å². The van der Waals surface area contributed by atoms with Crippen LogP contribution in [0.2, 0.25) is 0 Å². The molecule has 0 radical (unpaired) electrons. The van der Waals surface area contributed by atoms with Crippen molar-refractivity contribution in [2.45, 2.75) is 39.3 Å². The number of hydrogen-bond acceptors (Lipinski definition) is 2. The SMILES string of the molecule is CCCn1ccnc1CC(NCC)c1cc(Br)ccc1F. The number of imidazole rings is 1. The van der Waals surface area contributed by atoms with Crippen molar-refractivity contribution in [3.05, 3.63) is 52.3 Å². The number of aromatic nitrogens is 2. The summed E-state index contributed by atoms with van der Waals surface area (Å²) in [6.07, 6.45) is 5.53. The average molecular weight is 354 g/mol. The zero-order valence-electron chi connectivity index (χ0n) is 12.4. The lowest BCUT2D eigenvalue weighted by molar-refractivity contribution is 0.489. The van der Waals surface area contributed by atoms with E-state index in [0.717, 1.165) is 29.8 Å². The molecule has 0 spiro atoms. The number of hydrogen-bond donors (Lipinski definition) is 1. The molecular weight excluding hydrogens is 333 g/mol. The smallest absolute Gasteiger partial charge is 0.128 e. The van der Waals surface area contributed by atoms with Crippen molar-refractivity contribution in [3.8, 4) is 0 Å². The number of nitrogens with one attached hydrogen (secondary N) is 1. The minimum absolute atomic E-state index is 0.0782. The van der Waals surface area contributed by atoms with Gasteiger partial charge in [-0.2, -0.15) is 0 Å². The zero-order valence-corrected chi connectivity index (χ0v) is 14.0. The van der Waals surface area contributed by atoms with Crippen LogP contribution in [0.5, 0.6) is 0 Å². The molecular formula is C16H21BrFN3. The summed E-state index contributed by atoms with van der Waals surface area (Å²) in [6, 6.07) is 4.99. The van der Waals surface area contributed by atoms with Gasteiger partial charge in [0, 0.05) is 41.4 Å². The Balaban J connectivity index is 2.26. The molecule has 0 saturated heterocycles. The Morgan fingerprint density at radius 3 is 2.90 bits per heavy atom. The van der Waals surface area contributed by atoms with Crippen molar-refractivity contribution in [3.63, 3.8) is 0 Å². The Morgan fingerprint density at radius 2 is 2.19 bits per heavy atom. The van der Waals surface area contributed by atoms with Gasteiger partial charge in [-0.15, -0.1) is 0 Å². The molecule has 114 valence electrons. The summed E-state index contributed by atoms with van der Waals surface area (Å²) in [5, 5.41) is 3.36.